The summed E-state index contributed by atoms with van der Waals surface area (Å²) in [5.74, 6) is 0.706. The summed E-state index contributed by atoms with van der Waals surface area (Å²) in [5.41, 5.74) is 3.47. The van der Waals surface area contributed by atoms with Gasteiger partial charge in [-0.3, -0.25) is 9.78 Å². The van der Waals surface area contributed by atoms with Gasteiger partial charge in [0.25, 0.3) is 0 Å². The molecule has 30 heavy (non-hydrogen) atoms. The van der Waals surface area contributed by atoms with E-state index in [1.165, 1.54) is 14.2 Å². The Morgan fingerprint density at radius 3 is 2.53 bits per heavy atom. The van der Waals surface area contributed by atoms with Crippen LogP contribution in [0.5, 0.6) is 11.5 Å². The number of carbonyl (C=O) groups excluding carboxylic acids is 1. The summed E-state index contributed by atoms with van der Waals surface area (Å²) in [7, 11) is 3.04. The standard InChI is InChI=1S/C23H20Cl2N2O3/c1-29-22-20(24)16-9-10-27(13-17(16)21(25)23(22)30-2)19(28)8-7-14-11-15-5-3-4-6-18(15)26-12-14/h3-8,11-12H,9-10,13H2,1-2H3. The van der Waals surface area contributed by atoms with Crippen LogP contribution < -0.4 is 9.47 Å². The maximum Gasteiger partial charge on any atom is 0.246 e. The van der Waals surface area contributed by atoms with Gasteiger partial charge >= 0.3 is 0 Å². The van der Waals surface area contributed by atoms with Crippen LogP contribution in [0.3, 0.4) is 0 Å². The number of hydrogen-bond donors (Lipinski definition) is 0. The second-order valence-corrected chi connectivity index (χ2v) is 7.71. The van der Waals surface area contributed by atoms with Gasteiger partial charge in [-0.05, 0) is 41.3 Å². The zero-order valence-electron chi connectivity index (χ0n) is 16.6. The van der Waals surface area contributed by atoms with Crippen molar-refractivity contribution in [3.8, 4) is 11.5 Å². The number of carbonyl (C=O) groups is 1. The average molecular weight is 443 g/mol. The van der Waals surface area contributed by atoms with Crippen molar-refractivity contribution in [2.24, 2.45) is 0 Å². The molecule has 0 radical (unpaired) electrons. The molecule has 0 N–H and O–H groups in total. The van der Waals surface area contributed by atoms with E-state index in [2.05, 4.69) is 4.98 Å². The van der Waals surface area contributed by atoms with Crippen LogP contribution in [0.15, 0.2) is 42.6 Å². The molecule has 0 saturated heterocycles. The third kappa shape index (κ3) is 3.71. The number of fused-ring (bicyclic) bond motifs is 2. The van der Waals surface area contributed by atoms with Crippen LogP contribution in [-0.2, 0) is 17.8 Å². The molecule has 4 rings (SSSR count). The molecule has 1 amide bonds. The van der Waals surface area contributed by atoms with Gasteiger partial charge in [-0.1, -0.05) is 41.4 Å². The molecule has 0 atom stereocenters. The predicted octanol–water partition coefficient (Wildman–Crippen LogP) is 5.16. The van der Waals surface area contributed by atoms with Crippen LogP contribution in [0.4, 0.5) is 0 Å². The van der Waals surface area contributed by atoms with Gasteiger partial charge in [-0.15, -0.1) is 0 Å². The molecule has 1 aromatic heterocycles. The molecule has 2 heterocycles. The molecule has 0 bridgehead atoms. The van der Waals surface area contributed by atoms with Crippen molar-refractivity contribution in [1.82, 2.24) is 9.88 Å². The largest absolute Gasteiger partial charge is 0.491 e. The minimum atomic E-state index is -0.101. The summed E-state index contributed by atoms with van der Waals surface area (Å²) in [6.07, 6.45) is 5.68. The van der Waals surface area contributed by atoms with E-state index in [1.807, 2.05) is 30.3 Å². The van der Waals surface area contributed by atoms with Crippen LogP contribution >= 0.6 is 23.2 Å². The zero-order valence-corrected chi connectivity index (χ0v) is 18.1. The summed E-state index contributed by atoms with van der Waals surface area (Å²) >= 11 is 13.1. The van der Waals surface area contributed by atoms with Gasteiger partial charge < -0.3 is 14.4 Å². The van der Waals surface area contributed by atoms with Crippen molar-refractivity contribution < 1.29 is 14.3 Å². The number of nitrogens with zero attached hydrogens (tertiary/aromatic N) is 2. The summed E-state index contributed by atoms with van der Waals surface area (Å²) in [5, 5.41) is 1.94. The molecule has 3 aromatic rings. The lowest BCUT2D eigenvalue weighted by Gasteiger charge is -2.30. The fourth-order valence-electron chi connectivity index (χ4n) is 3.69. The smallest absolute Gasteiger partial charge is 0.246 e. The Morgan fingerprint density at radius 1 is 1.10 bits per heavy atom. The van der Waals surface area contributed by atoms with E-state index in [1.54, 1.807) is 23.2 Å². The lowest BCUT2D eigenvalue weighted by atomic mass is 9.98. The minimum absolute atomic E-state index is 0.101. The first-order chi connectivity index (χ1) is 14.5. The van der Waals surface area contributed by atoms with E-state index in [0.717, 1.165) is 27.6 Å². The number of amides is 1. The first kappa shape index (κ1) is 20.5. The molecule has 2 aromatic carbocycles. The Hall–Kier alpha value is -2.76. The van der Waals surface area contributed by atoms with Crippen molar-refractivity contribution in [3.63, 3.8) is 0 Å². The van der Waals surface area contributed by atoms with E-state index < -0.39 is 0 Å². The minimum Gasteiger partial charge on any atom is -0.491 e. The van der Waals surface area contributed by atoms with Gasteiger partial charge in [0.2, 0.25) is 5.91 Å². The molecule has 0 saturated carbocycles. The van der Waals surface area contributed by atoms with Gasteiger partial charge in [-0.25, -0.2) is 0 Å². The first-order valence-electron chi connectivity index (χ1n) is 9.46. The van der Waals surface area contributed by atoms with Crippen LogP contribution in [-0.4, -0.2) is 36.6 Å². The molecule has 1 aliphatic heterocycles. The van der Waals surface area contributed by atoms with E-state index in [-0.39, 0.29) is 5.91 Å². The van der Waals surface area contributed by atoms with E-state index >= 15 is 0 Å². The lowest BCUT2D eigenvalue weighted by molar-refractivity contribution is -0.126. The second kappa shape index (κ2) is 8.54. The average Bonchev–Trinajstić information content (AvgIpc) is 2.79. The van der Waals surface area contributed by atoms with Gasteiger partial charge in [0.1, 0.15) is 0 Å². The van der Waals surface area contributed by atoms with Crippen molar-refractivity contribution in [2.75, 3.05) is 20.8 Å². The molecular formula is C23H20Cl2N2O3. The third-order valence-electron chi connectivity index (χ3n) is 5.23. The van der Waals surface area contributed by atoms with Crippen LogP contribution in [0, 0.1) is 0 Å². The lowest BCUT2D eigenvalue weighted by Crippen LogP contribution is -2.35. The Morgan fingerprint density at radius 2 is 1.80 bits per heavy atom. The van der Waals surface area contributed by atoms with Gasteiger partial charge in [0.05, 0.1) is 29.8 Å². The molecule has 0 aliphatic carbocycles. The fraction of sp³-hybridized carbons (Fsp3) is 0.217. The fourth-order valence-corrected chi connectivity index (χ4v) is 4.39. The number of pyridine rings is 1. The Labute approximate surface area is 184 Å². The van der Waals surface area contributed by atoms with Gasteiger partial charge in [-0.2, -0.15) is 0 Å². The van der Waals surface area contributed by atoms with Crippen molar-refractivity contribution in [1.29, 1.82) is 0 Å². The quantitative estimate of drug-likeness (QED) is 0.523. The van der Waals surface area contributed by atoms with Crippen LogP contribution in [0.2, 0.25) is 10.0 Å². The van der Waals surface area contributed by atoms with E-state index in [0.29, 0.717) is 41.1 Å². The monoisotopic (exact) mass is 442 g/mol. The predicted molar refractivity (Wildman–Crippen MR) is 119 cm³/mol. The molecule has 154 valence electrons. The first-order valence-corrected chi connectivity index (χ1v) is 10.2. The molecule has 0 spiro atoms. The van der Waals surface area contributed by atoms with Crippen molar-refractivity contribution >= 4 is 46.1 Å². The molecule has 0 fully saturated rings. The second-order valence-electron chi connectivity index (χ2n) is 6.96. The summed E-state index contributed by atoms with van der Waals surface area (Å²) in [6.45, 7) is 0.894. The SMILES string of the molecule is COc1c(Cl)c2c(c(Cl)c1OC)CN(C(=O)C=Cc1cnc3ccccc3c1)CC2. The van der Waals surface area contributed by atoms with Crippen molar-refractivity contribution in [3.05, 3.63) is 69.3 Å². The normalized spacial score (nSPS) is 13.5. The van der Waals surface area contributed by atoms with Crippen LogP contribution in [0.1, 0.15) is 16.7 Å². The number of benzene rings is 2. The van der Waals surface area contributed by atoms with Crippen molar-refractivity contribution in [2.45, 2.75) is 13.0 Å². The van der Waals surface area contributed by atoms with Gasteiger partial charge in [0, 0.05) is 30.7 Å². The topological polar surface area (TPSA) is 51.7 Å². The number of methoxy groups -OCH3 is 2. The maximum atomic E-state index is 12.8. The Balaban J connectivity index is 1.57. The number of hydrogen-bond acceptors (Lipinski definition) is 4. The molecular weight excluding hydrogens is 423 g/mol. The number of para-hydroxylation sites is 1. The summed E-state index contributed by atoms with van der Waals surface area (Å²) in [6, 6.07) is 9.87. The highest BCUT2D eigenvalue weighted by molar-refractivity contribution is 6.37. The summed E-state index contributed by atoms with van der Waals surface area (Å²) < 4.78 is 10.8. The van der Waals surface area contributed by atoms with Crippen LogP contribution in [0.25, 0.3) is 17.0 Å². The Kier molecular flexibility index (Phi) is 5.84. The van der Waals surface area contributed by atoms with E-state index in [4.69, 9.17) is 32.7 Å². The highest BCUT2D eigenvalue weighted by atomic mass is 35.5. The third-order valence-corrected chi connectivity index (χ3v) is 6.03. The molecule has 7 heteroatoms. The number of halogens is 2. The Bertz CT molecular complexity index is 1160. The number of ether oxygens (including phenoxy) is 2. The molecule has 1 aliphatic rings. The number of rotatable bonds is 4. The zero-order chi connectivity index (χ0) is 21.3. The maximum absolute atomic E-state index is 12.8. The highest BCUT2D eigenvalue weighted by Crippen LogP contribution is 2.47. The molecule has 0 unspecified atom stereocenters. The molecule has 5 nitrogen and oxygen atoms in total. The van der Waals surface area contributed by atoms with Gasteiger partial charge in [0.15, 0.2) is 11.5 Å². The van der Waals surface area contributed by atoms with E-state index in [9.17, 15) is 4.79 Å². The number of aromatic nitrogens is 1. The summed E-state index contributed by atoms with van der Waals surface area (Å²) in [4.78, 5) is 19.0. The highest BCUT2D eigenvalue weighted by Gasteiger charge is 2.29.